The lowest BCUT2D eigenvalue weighted by Gasteiger charge is -2.67. The molecule has 5 rings (SSSR count). The molecule has 0 amide bonds. The fourth-order valence-corrected chi connectivity index (χ4v) is 11.5. The molecule has 43 heavy (non-hydrogen) atoms. The Bertz CT molecular complexity index is 775. The van der Waals surface area contributed by atoms with Crippen molar-refractivity contribution in [1.82, 2.24) is 0 Å². The fraction of sp³-hybridized carbons (Fsp3) is 0.974. The van der Waals surface area contributed by atoms with Crippen LogP contribution in [-0.4, -0.2) is 35.5 Å². The van der Waals surface area contributed by atoms with Gasteiger partial charge in [-0.15, -0.1) is 0 Å². The minimum Gasteiger partial charge on any atom is -0.378 e. The van der Waals surface area contributed by atoms with Crippen molar-refractivity contribution in [2.24, 2.45) is 34.5 Å². The van der Waals surface area contributed by atoms with Crippen molar-refractivity contribution in [1.29, 1.82) is 0 Å². The van der Waals surface area contributed by atoms with Crippen LogP contribution in [0.2, 0.25) is 0 Å². The van der Waals surface area contributed by atoms with E-state index in [4.69, 9.17) is 32.7 Å². The van der Waals surface area contributed by atoms with E-state index in [-0.39, 0.29) is 0 Å². The number of Topliss-reactive ketones (excluding diaryl/α,β-unsaturated/α-hetero) is 1. The predicted octanol–water partition coefficient (Wildman–Crippen LogP) is 11.4. The van der Waals surface area contributed by atoms with E-state index in [0.29, 0.717) is 18.0 Å². The average molecular weight is 640 g/mol. The molecule has 3 nitrogen and oxygen atoms in total. The van der Waals surface area contributed by atoms with E-state index < -0.39 is 15.2 Å². The van der Waals surface area contributed by atoms with Gasteiger partial charge in [0.2, 0.25) is 0 Å². The van der Waals surface area contributed by atoms with Gasteiger partial charge >= 0.3 is 0 Å². The first-order valence-electron chi connectivity index (χ1n) is 19.0. The monoisotopic (exact) mass is 638 g/mol. The van der Waals surface area contributed by atoms with Gasteiger partial charge in [-0.25, -0.2) is 0 Å². The zero-order chi connectivity index (χ0) is 30.3. The highest BCUT2D eigenvalue weighted by Crippen LogP contribution is 2.75. The van der Waals surface area contributed by atoms with Gasteiger partial charge < -0.3 is 9.47 Å². The number of ether oxygens (including phenoxy) is 2. The topological polar surface area (TPSA) is 35.5 Å². The second-order valence-electron chi connectivity index (χ2n) is 15.7. The lowest BCUT2D eigenvalue weighted by Crippen LogP contribution is -2.74. The summed E-state index contributed by atoms with van der Waals surface area (Å²) in [4.78, 5) is 14.1. The highest BCUT2D eigenvalue weighted by Gasteiger charge is 2.79. The Morgan fingerprint density at radius 3 is 1.21 bits per heavy atom. The maximum atomic E-state index is 14.1. The van der Waals surface area contributed by atoms with Gasteiger partial charge in [0.05, 0.1) is 23.0 Å². The van der Waals surface area contributed by atoms with Crippen LogP contribution in [0, 0.1) is 34.5 Å². The molecule has 248 valence electrons. The Hall–Kier alpha value is 0.170. The highest BCUT2D eigenvalue weighted by molar-refractivity contribution is 6.55. The quantitative estimate of drug-likeness (QED) is 0.140. The van der Waals surface area contributed by atoms with Crippen LogP contribution in [0.3, 0.4) is 0 Å². The van der Waals surface area contributed by atoms with E-state index in [0.717, 1.165) is 88.3 Å². The van der Waals surface area contributed by atoms with Gasteiger partial charge in [-0.3, -0.25) is 4.79 Å². The molecular formula is C38H64Cl2O3. The molecular weight excluding hydrogens is 575 g/mol. The molecule has 5 aliphatic rings. The van der Waals surface area contributed by atoms with Gasteiger partial charge in [0.15, 0.2) is 5.78 Å². The maximum absolute atomic E-state index is 14.1. The lowest BCUT2D eigenvalue weighted by atomic mass is 9.41. The number of alkyl halides is 2. The zero-order valence-corrected chi connectivity index (χ0v) is 29.3. The van der Waals surface area contributed by atoms with Crippen LogP contribution in [-0.2, 0) is 14.3 Å². The molecule has 0 aliphatic heterocycles. The molecule has 0 saturated heterocycles. The second kappa shape index (κ2) is 15.8. The third kappa shape index (κ3) is 7.36. The number of unbranched alkanes of at least 4 members (excludes halogenated alkanes) is 6. The maximum Gasteiger partial charge on any atom is 0.151 e. The summed E-state index contributed by atoms with van der Waals surface area (Å²) in [6.07, 6.45) is 29.3. The Morgan fingerprint density at radius 1 is 0.535 bits per heavy atom. The van der Waals surface area contributed by atoms with Gasteiger partial charge in [-0.1, -0.05) is 75.6 Å². The van der Waals surface area contributed by atoms with Gasteiger partial charge in [-0.2, -0.15) is 0 Å². The summed E-state index contributed by atoms with van der Waals surface area (Å²) in [6.45, 7) is 6.40. The summed E-state index contributed by atoms with van der Waals surface area (Å²) >= 11 is 14.7. The molecule has 5 fully saturated rings. The molecule has 0 heterocycles. The van der Waals surface area contributed by atoms with Crippen LogP contribution < -0.4 is 0 Å². The number of hydrogen-bond donors (Lipinski definition) is 0. The fourth-order valence-electron chi connectivity index (χ4n) is 10.4. The standard InChI is InChI=1S/C38H64Cl2O3/c1-3-5-7-9-27-42-33-15-11-29(12-16-33)31-19-23-36(24-20-31)35(41)37(38(36,39)40)25-21-32(22-26-37)30-13-17-34(18-14-30)43-28-10-8-6-4-2/h29-34H,3-28H2,1-2H3/t29-,30-,31?,32?,33-,34-,36?,37?. The molecule has 5 saturated carbocycles. The van der Waals surface area contributed by atoms with Crippen LogP contribution >= 0.6 is 23.2 Å². The van der Waals surface area contributed by atoms with Crippen LogP contribution in [0.15, 0.2) is 0 Å². The molecule has 0 radical (unpaired) electrons. The molecule has 0 N–H and O–H groups in total. The first kappa shape index (κ1) is 34.5. The Kier molecular flexibility index (Phi) is 12.7. The average Bonchev–Trinajstić information content (AvgIpc) is 3.05. The Balaban J connectivity index is 1.02. The van der Waals surface area contributed by atoms with E-state index in [9.17, 15) is 4.79 Å². The third-order valence-electron chi connectivity index (χ3n) is 13.3. The van der Waals surface area contributed by atoms with Crippen molar-refractivity contribution in [3.05, 3.63) is 0 Å². The first-order valence-corrected chi connectivity index (χ1v) is 19.8. The molecule has 0 aromatic heterocycles. The number of carbonyl (C=O) groups excluding carboxylic acids is 1. The number of ketones is 1. The molecule has 0 aromatic rings. The van der Waals surface area contributed by atoms with Gasteiger partial charge in [0.25, 0.3) is 0 Å². The number of carbonyl (C=O) groups is 1. The number of hydrogen-bond acceptors (Lipinski definition) is 3. The summed E-state index contributed by atoms with van der Waals surface area (Å²) in [5.41, 5.74) is -0.963. The van der Waals surface area contributed by atoms with E-state index in [1.165, 1.54) is 103 Å². The Labute approximate surface area is 274 Å². The van der Waals surface area contributed by atoms with Crippen LogP contribution in [0.25, 0.3) is 0 Å². The van der Waals surface area contributed by atoms with Crippen molar-refractivity contribution in [3.63, 3.8) is 0 Å². The van der Waals surface area contributed by atoms with Crippen molar-refractivity contribution in [3.8, 4) is 0 Å². The van der Waals surface area contributed by atoms with Crippen molar-refractivity contribution in [2.75, 3.05) is 13.2 Å². The van der Waals surface area contributed by atoms with Crippen LogP contribution in [0.1, 0.15) is 168 Å². The number of rotatable bonds is 14. The smallest absolute Gasteiger partial charge is 0.151 e. The minimum absolute atomic E-state index is 0.447. The molecule has 0 unspecified atom stereocenters. The minimum atomic E-state index is -0.875. The molecule has 5 aliphatic carbocycles. The van der Waals surface area contributed by atoms with Crippen LogP contribution in [0.5, 0.6) is 0 Å². The number of halogens is 2. The summed E-state index contributed by atoms with van der Waals surface area (Å²) in [5.74, 6) is 3.49. The Morgan fingerprint density at radius 2 is 0.884 bits per heavy atom. The third-order valence-corrected chi connectivity index (χ3v) is 14.8. The van der Waals surface area contributed by atoms with Gasteiger partial charge in [-0.05, 0) is 139 Å². The highest BCUT2D eigenvalue weighted by atomic mass is 35.5. The van der Waals surface area contributed by atoms with E-state index in [1.54, 1.807) is 0 Å². The lowest BCUT2D eigenvalue weighted by molar-refractivity contribution is -0.173. The normalized spacial score (nSPS) is 39.7. The molecule has 0 bridgehead atoms. The second-order valence-corrected chi connectivity index (χ2v) is 17.0. The van der Waals surface area contributed by atoms with E-state index in [2.05, 4.69) is 13.8 Å². The molecule has 5 heteroatoms. The van der Waals surface area contributed by atoms with Crippen molar-refractivity contribution >= 4 is 29.0 Å². The van der Waals surface area contributed by atoms with Crippen molar-refractivity contribution in [2.45, 2.75) is 184 Å². The van der Waals surface area contributed by atoms with Crippen LogP contribution in [0.4, 0.5) is 0 Å². The molecule has 0 aromatic carbocycles. The SMILES string of the molecule is CCCCCCO[C@H]1CC[C@H](C2CCC3(CC2)C(=O)C2(CCC([C@H]4CC[C@H](OCCCCCC)CC4)CC2)C3(Cl)Cl)CC1. The summed E-state index contributed by atoms with van der Waals surface area (Å²) in [6, 6.07) is 0. The summed E-state index contributed by atoms with van der Waals surface area (Å²) < 4.78 is 11.6. The summed E-state index contributed by atoms with van der Waals surface area (Å²) in [7, 11) is 0. The van der Waals surface area contributed by atoms with Gasteiger partial charge in [0.1, 0.15) is 4.33 Å². The summed E-state index contributed by atoms with van der Waals surface area (Å²) in [5, 5.41) is 0. The van der Waals surface area contributed by atoms with E-state index >= 15 is 0 Å². The van der Waals surface area contributed by atoms with Crippen molar-refractivity contribution < 1.29 is 14.3 Å². The molecule has 2 spiro atoms. The largest absolute Gasteiger partial charge is 0.378 e. The predicted molar refractivity (Wildman–Crippen MR) is 180 cm³/mol. The molecule has 0 atom stereocenters. The zero-order valence-electron chi connectivity index (χ0n) is 27.8. The van der Waals surface area contributed by atoms with E-state index in [1.807, 2.05) is 0 Å². The first-order chi connectivity index (χ1) is 20.9. The van der Waals surface area contributed by atoms with Gasteiger partial charge in [0, 0.05) is 13.2 Å².